The first-order chi connectivity index (χ1) is 9.19. The summed E-state index contributed by atoms with van der Waals surface area (Å²) in [7, 11) is 5.52. The third kappa shape index (κ3) is 2.55. The Balaban J connectivity index is 2.35. The molecular formula is C15H24N2O2. The van der Waals surface area contributed by atoms with Gasteiger partial charge in [-0.1, -0.05) is 12.1 Å². The van der Waals surface area contributed by atoms with E-state index in [4.69, 9.17) is 15.2 Å². The second-order valence-electron chi connectivity index (χ2n) is 5.25. The topological polar surface area (TPSA) is 47.7 Å². The molecule has 1 atom stereocenters. The van der Waals surface area contributed by atoms with Crippen molar-refractivity contribution in [3.05, 3.63) is 24.3 Å². The van der Waals surface area contributed by atoms with Gasteiger partial charge in [0.05, 0.1) is 24.9 Å². The van der Waals surface area contributed by atoms with Crippen molar-refractivity contribution >= 4 is 5.69 Å². The molecule has 1 aliphatic rings. The van der Waals surface area contributed by atoms with Crippen LogP contribution in [0.2, 0.25) is 0 Å². The summed E-state index contributed by atoms with van der Waals surface area (Å²) in [6.45, 7) is 1.22. The Hall–Kier alpha value is -1.26. The van der Waals surface area contributed by atoms with Crippen molar-refractivity contribution in [2.24, 2.45) is 11.7 Å². The van der Waals surface area contributed by atoms with E-state index in [1.807, 2.05) is 18.2 Å². The van der Waals surface area contributed by atoms with Gasteiger partial charge in [0.15, 0.2) is 0 Å². The number of likely N-dealkylation sites (N-methyl/N-ethyl adjacent to an activating group) is 1. The second kappa shape index (κ2) is 5.80. The number of para-hydroxylation sites is 2. The Morgan fingerprint density at radius 1 is 1.32 bits per heavy atom. The van der Waals surface area contributed by atoms with Crippen LogP contribution >= 0.6 is 0 Å². The predicted molar refractivity (Wildman–Crippen MR) is 77.8 cm³/mol. The zero-order chi connectivity index (χ0) is 13.9. The summed E-state index contributed by atoms with van der Waals surface area (Å²) in [6, 6.07) is 8.05. The van der Waals surface area contributed by atoms with Gasteiger partial charge in [0.25, 0.3) is 0 Å². The molecule has 106 valence electrons. The summed E-state index contributed by atoms with van der Waals surface area (Å²) in [6.07, 6.45) is 2.44. The van der Waals surface area contributed by atoms with Crippen LogP contribution < -0.4 is 15.4 Å². The first kappa shape index (κ1) is 14.2. The zero-order valence-electron chi connectivity index (χ0n) is 12.1. The van der Waals surface area contributed by atoms with Crippen LogP contribution in [0.4, 0.5) is 5.69 Å². The molecule has 0 bridgehead atoms. The Labute approximate surface area is 115 Å². The fourth-order valence-corrected chi connectivity index (χ4v) is 2.87. The highest BCUT2D eigenvalue weighted by molar-refractivity contribution is 5.60. The molecule has 1 fully saturated rings. The van der Waals surface area contributed by atoms with E-state index in [0.29, 0.717) is 19.1 Å². The quantitative estimate of drug-likeness (QED) is 0.817. The Kier molecular flexibility index (Phi) is 4.32. The smallest absolute Gasteiger partial charge is 0.142 e. The van der Waals surface area contributed by atoms with Crippen LogP contribution in [-0.4, -0.2) is 40.0 Å². The summed E-state index contributed by atoms with van der Waals surface area (Å²) >= 11 is 0. The Bertz CT molecular complexity index is 420. The van der Waals surface area contributed by atoms with Gasteiger partial charge < -0.3 is 20.1 Å². The maximum absolute atomic E-state index is 6.10. The van der Waals surface area contributed by atoms with E-state index < -0.39 is 0 Å². The monoisotopic (exact) mass is 264 g/mol. The molecule has 0 aromatic heterocycles. The molecular weight excluding hydrogens is 240 g/mol. The molecule has 19 heavy (non-hydrogen) atoms. The molecule has 1 aromatic rings. The third-order valence-electron chi connectivity index (χ3n) is 4.20. The lowest BCUT2D eigenvalue weighted by molar-refractivity contribution is 0.120. The van der Waals surface area contributed by atoms with E-state index in [9.17, 15) is 0 Å². The molecule has 1 aromatic carbocycles. The number of nitrogens with two attached hydrogens (primary N) is 1. The lowest BCUT2D eigenvalue weighted by Crippen LogP contribution is -2.57. The predicted octanol–water partition coefficient (Wildman–Crippen LogP) is 1.89. The molecule has 0 radical (unpaired) electrons. The van der Waals surface area contributed by atoms with Gasteiger partial charge in [0.2, 0.25) is 0 Å². The molecule has 4 nitrogen and oxygen atoms in total. The van der Waals surface area contributed by atoms with Gasteiger partial charge in [0.1, 0.15) is 5.75 Å². The number of benzene rings is 1. The van der Waals surface area contributed by atoms with Crippen molar-refractivity contribution in [1.29, 1.82) is 0 Å². The standard InChI is InChI=1S/C15H24N2O2/c1-17(13-6-4-5-7-14(13)19-3)15(10-16,11-18-2)12-8-9-12/h4-7,12H,8-11,16H2,1-3H3. The van der Waals surface area contributed by atoms with Crippen molar-refractivity contribution in [3.63, 3.8) is 0 Å². The Morgan fingerprint density at radius 3 is 2.53 bits per heavy atom. The summed E-state index contributed by atoms with van der Waals surface area (Å²) in [4.78, 5) is 2.24. The molecule has 0 amide bonds. The molecule has 4 heteroatoms. The maximum atomic E-state index is 6.10. The molecule has 0 spiro atoms. The first-order valence-corrected chi connectivity index (χ1v) is 6.75. The number of methoxy groups -OCH3 is 2. The van der Waals surface area contributed by atoms with Crippen LogP contribution in [0.5, 0.6) is 5.75 Å². The molecule has 2 rings (SSSR count). The van der Waals surface area contributed by atoms with Crippen molar-refractivity contribution in [2.45, 2.75) is 18.4 Å². The summed E-state index contributed by atoms with van der Waals surface area (Å²) in [5, 5.41) is 0. The van der Waals surface area contributed by atoms with Crippen LogP contribution in [0, 0.1) is 5.92 Å². The average Bonchev–Trinajstić information content (AvgIpc) is 3.29. The van der Waals surface area contributed by atoms with E-state index >= 15 is 0 Å². The van der Waals surface area contributed by atoms with Gasteiger partial charge in [0, 0.05) is 20.7 Å². The lowest BCUT2D eigenvalue weighted by atomic mass is 9.91. The summed E-state index contributed by atoms with van der Waals surface area (Å²) < 4.78 is 10.9. The van der Waals surface area contributed by atoms with E-state index in [0.717, 1.165) is 11.4 Å². The number of hydrogen-bond acceptors (Lipinski definition) is 4. The minimum atomic E-state index is -0.136. The fourth-order valence-electron chi connectivity index (χ4n) is 2.87. The van der Waals surface area contributed by atoms with Gasteiger partial charge in [-0.15, -0.1) is 0 Å². The van der Waals surface area contributed by atoms with E-state index in [1.54, 1.807) is 14.2 Å². The van der Waals surface area contributed by atoms with E-state index in [1.165, 1.54) is 12.8 Å². The minimum absolute atomic E-state index is 0.136. The highest BCUT2D eigenvalue weighted by Crippen LogP contribution is 2.45. The van der Waals surface area contributed by atoms with Crippen LogP contribution in [-0.2, 0) is 4.74 Å². The molecule has 1 saturated carbocycles. The van der Waals surface area contributed by atoms with Gasteiger partial charge in [-0.2, -0.15) is 0 Å². The van der Waals surface area contributed by atoms with Crippen molar-refractivity contribution in [3.8, 4) is 5.75 Å². The number of nitrogens with zero attached hydrogens (tertiary/aromatic N) is 1. The lowest BCUT2D eigenvalue weighted by Gasteiger charge is -2.43. The number of rotatable bonds is 7. The first-order valence-electron chi connectivity index (χ1n) is 6.75. The van der Waals surface area contributed by atoms with Crippen molar-refractivity contribution < 1.29 is 9.47 Å². The van der Waals surface area contributed by atoms with Crippen LogP contribution in [0.25, 0.3) is 0 Å². The number of anilines is 1. The van der Waals surface area contributed by atoms with Crippen molar-refractivity contribution in [2.75, 3.05) is 39.3 Å². The highest BCUT2D eigenvalue weighted by atomic mass is 16.5. The SMILES string of the molecule is COCC(CN)(C1CC1)N(C)c1ccccc1OC. The zero-order valence-corrected chi connectivity index (χ0v) is 12.1. The van der Waals surface area contributed by atoms with Gasteiger partial charge in [-0.25, -0.2) is 0 Å². The molecule has 0 saturated heterocycles. The number of hydrogen-bond donors (Lipinski definition) is 1. The molecule has 1 aliphatic carbocycles. The third-order valence-corrected chi connectivity index (χ3v) is 4.20. The fraction of sp³-hybridized carbons (Fsp3) is 0.600. The summed E-state index contributed by atoms with van der Waals surface area (Å²) in [5.41, 5.74) is 7.04. The van der Waals surface area contributed by atoms with Crippen LogP contribution in [0.15, 0.2) is 24.3 Å². The number of ether oxygens (including phenoxy) is 2. The van der Waals surface area contributed by atoms with Gasteiger partial charge in [-0.3, -0.25) is 0 Å². The van der Waals surface area contributed by atoms with Crippen LogP contribution in [0.1, 0.15) is 12.8 Å². The van der Waals surface area contributed by atoms with Crippen molar-refractivity contribution in [1.82, 2.24) is 0 Å². The summed E-state index contributed by atoms with van der Waals surface area (Å²) in [5.74, 6) is 1.48. The van der Waals surface area contributed by atoms with E-state index in [2.05, 4.69) is 18.0 Å². The molecule has 0 aliphatic heterocycles. The Morgan fingerprint density at radius 2 is 2.00 bits per heavy atom. The minimum Gasteiger partial charge on any atom is -0.495 e. The molecule has 0 heterocycles. The highest BCUT2D eigenvalue weighted by Gasteiger charge is 2.48. The van der Waals surface area contributed by atoms with Gasteiger partial charge in [-0.05, 0) is 30.9 Å². The normalized spacial score (nSPS) is 17.9. The average molecular weight is 264 g/mol. The van der Waals surface area contributed by atoms with Crippen LogP contribution in [0.3, 0.4) is 0 Å². The largest absolute Gasteiger partial charge is 0.495 e. The maximum Gasteiger partial charge on any atom is 0.142 e. The van der Waals surface area contributed by atoms with E-state index in [-0.39, 0.29) is 5.54 Å². The van der Waals surface area contributed by atoms with Gasteiger partial charge >= 0.3 is 0 Å². The second-order valence-corrected chi connectivity index (χ2v) is 5.25. The molecule has 1 unspecified atom stereocenters. The molecule has 2 N–H and O–H groups in total.